The average molecular weight is 403 g/mol. The predicted octanol–water partition coefficient (Wildman–Crippen LogP) is 3.51. The average Bonchev–Trinajstić information content (AvgIpc) is 2.73. The van der Waals surface area contributed by atoms with E-state index in [9.17, 15) is 4.79 Å². The van der Waals surface area contributed by atoms with Crippen molar-refractivity contribution in [1.82, 2.24) is 5.32 Å². The third-order valence-corrected chi connectivity index (χ3v) is 5.84. The van der Waals surface area contributed by atoms with Gasteiger partial charge < -0.3 is 24.1 Å². The van der Waals surface area contributed by atoms with Crippen molar-refractivity contribution in [3.8, 4) is 0 Å². The van der Waals surface area contributed by atoms with E-state index in [-0.39, 0.29) is 18.2 Å². The number of fused-ring (bicyclic) bond motifs is 1. The Kier molecular flexibility index (Phi) is 6.05. The highest BCUT2D eigenvalue weighted by Crippen LogP contribution is 2.37. The summed E-state index contributed by atoms with van der Waals surface area (Å²) in [5.74, 6) is 0. The molecule has 2 aliphatic rings. The molecule has 2 heterocycles. The normalized spacial score (nSPS) is 23.3. The van der Waals surface area contributed by atoms with Crippen molar-refractivity contribution in [2.24, 2.45) is 0 Å². The van der Waals surface area contributed by atoms with E-state index in [1.54, 1.807) is 0 Å². The van der Waals surface area contributed by atoms with Gasteiger partial charge in [-0.05, 0) is 77.9 Å². The minimum Gasteiger partial charge on any atom is -0.446 e. The van der Waals surface area contributed by atoms with Gasteiger partial charge in [0.05, 0.1) is 11.2 Å². The standard InChI is InChI=1S/C22H34BNO5/c1-20(2,3)24-19(25)27-14-18-16-10-8-12-17(15(16)11-9-13-26-18)23-28-21(4,5)22(6,7)29-23/h8,10,12,18H,9,11,13-14H2,1-7H3,(H,24,25). The highest BCUT2D eigenvalue weighted by atomic mass is 16.7. The van der Waals surface area contributed by atoms with Crippen LogP contribution in [0, 0.1) is 0 Å². The van der Waals surface area contributed by atoms with E-state index in [2.05, 4.69) is 39.1 Å². The van der Waals surface area contributed by atoms with Crippen LogP contribution in [0.3, 0.4) is 0 Å². The molecule has 1 fully saturated rings. The molecule has 0 bridgehead atoms. The van der Waals surface area contributed by atoms with E-state index in [0.29, 0.717) is 6.61 Å². The molecule has 0 aliphatic carbocycles. The second-order valence-corrected chi connectivity index (χ2v) is 9.94. The zero-order valence-corrected chi connectivity index (χ0v) is 18.8. The fourth-order valence-corrected chi connectivity index (χ4v) is 3.60. The smallest absolute Gasteiger partial charge is 0.446 e. The Morgan fingerprint density at radius 1 is 1.21 bits per heavy atom. The predicted molar refractivity (Wildman–Crippen MR) is 113 cm³/mol. The molecule has 1 atom stereocenters. The zero-order chi connectivity index (χ0) is 21.4. The van der Waals surface area contributed by atoms with E-state index in [4.69, 9.17) is 18.8 Å². The molecule has 6 nitrogen and oxygen atoms in total. The molecule has 0 radical (unpaired) electrons. The summed E-state index contributed by atoms with van der Waals surface area (Å²) in [6.45, 7) is 14.8. The Balaban J connectivity index is 1.81. The Hall–Kier alpha value is -1.57. The summed E-state index contributed by atoms with van der Waals surface area (Å²) in [7, 11) is -0.418. The van der Waals surface area contributed by atoms with Crippen molar-refractivity contribution < 1.29 is 23.6 Å². The lowest BCUT2D eigenvalue weighted by atomic mass is 9.73. The molecule has 7 heteroatoms. The fraction of sp³-hybridized carbons (Fsp3) is 0.682. The maximum Gasteiger partial charge on any atom is 0.495 e. The molecular formula is C22H34BNO5. The van der Waals surface area contributed by atoms with Crippen LogP contribution in [0.1, 0.15) is 72.1 Å². The van der Waals surface area contributed by atoms with Crippen molar-refractivity contribution >= 4 is 18.7 Å². The topological polar surface area (TPSA) is 66.0 Å². The third-order valence-electron chi connectivity index (χ3n) is 5.84. The minimum absolute atomic E-state index is 0.168. The molecule has 1 aromatic carbocycles. The number of rotatable bonds is 3. The molecule has 0 aromatic heterocycles. The molecule has 1 amide bonds. The number of amides is 1. The van der Waals surface area contributed by atoms with Crippen LogP contribution >= 0.6 is 0 Å². The van der Waals surface area contributed by atoms with Crippen LogP contribution < -0.4 is 10.8 Å². The summed E-state index contributed by atoms with van der Waals surface area (Å²) < 4.78 is 24.1. The minimum atomic E-state index is -0.436. The van der Waals surface area contributed by atoms with Gasteiger partial charge in [0, 0.05) is 12.1 Å². The van der Waals surface area contributed by atoms with Crippen LogP contribution in [0.15, 0.2) is 18.2 Å². The van der Waals surface area contributed by atoms with E-state index < -0.39 is 24.4 Å². The van der Waals surface area contributed by atoms with Crippen molar-refractivity contribution in [3.05, 3.63) is 29.3 Å². The summed E-state index contributed by atoms with van der Waals surface area (Å²) in [6.07, 6.45) is 1.03. The van der Waals surface area contributed by atoms with Crippen LogP contribution in [0.25, 0.3) is 0 Å². The molecular weight excluding hydrogens is 369 g/mol. The van der Waals surface area contributed by atoms with Crippen molar-refractivity contribution in [1.29, 1.82) is 0 Å². The van der Waals surface area contributed by atoms with Crippen molar-refractivity contribution in [3.63, 3.8) is 0 Å². The molecule has 160 valence electrons. The second kappa shape index (κ2) is 7.93. The molecule has 2 aliphatic heterocycles. The largest absolute Gasteiger partial charge is 0.495 e. The molecule has 29 heavy (non-hydrogen) atoms. The number of carbonyl (C=O) groups excluding carboxylic acids is 1. The van der Waals surface area contributed by atoms with E-state index >= 15 is 0 Å². The first-order valence-corrected chi connectivity index (χ1v) is 10.4. The fourth-order valence-electron chi connectivity index (χ4n) is 3.60. The van der Waals surface area contributed by atoms with Crippen LogP contribution in [-0.2, 0) is 25.2 Å². The molecule has 1 unspecified atom stereocenters. The maximum atomic E-state index is 12.1. The Morgan fingerprint density at radius 3 is 2.48 bits per heavy atom. The third kappa shape index (κ3) is 4.96. The van der Waals surface area contributed by atoms with Gasteiger partial charge in [0.15, 0.2) is 0 Å². The monoisotopic (exact) mass is 403 g/mol. The number of hydrogen-bond acceptors (Lipinski definition) is 5. The van der Waals surface area contributed by atoms with Crippen LogP contribution in [0.5, 0.6) is 0 Å². The van der Waals surface area contributed by atoms with E-state index in [1.165, 1.54) is 5.56 Å². The summed E-state index contributed by atoms with van der Waals surface area (Å²) in [4.78, 5) is 12.1. The molecule has 3 rings (SSSR count). The Labute approximate surface area is 174 Å². The van der Waals surface area contributed by atoms with Gasteiger partial charge in [-0.15, -0.1) is 0 Å². The number of hydrogen-bond donors (Lipinski definition) is 1. The summed E-state index contributed by atoms with van der Waals surface area (Å²) in [5, 5.41) is 2.82. The molecule has 0 spiro atoms. The molecule has 1 aromatic rings. The molecule has 0 saturated carbocycles. The van der Waals surface area contributed by atoms with Crippen LogP contribution in [0.2, 0.25) is 0 Å². The van der Waals surface area contributed by atoms with Gasteiger partial charge in [0.1, 0.15) is 12.7 Å². The van der Waals surface area contributed by atoms with Crippen molar-refractivity contribution in [2.45, 2.75) is 84.2 Å². The quantitative estimate of drug-likeness (QED) is 0.783. The Morgan fingerprint density at radius 2 is 1.86 bits per heavy atom. The highest BCUT2D eigenvalue weighted by molar-refractivity contribution is 6.62. The number of ether oxygens (including phenoxy) is 2. The highest BCUT2D eigenvalue weighted by Gasteiger charge is 2.52. The lowest BCUT2D eigenvalue weighted by molar-refractivity contribution is 0.00549. The number of nitrogens with one attached hydrogen (secondary N) is 1. The van der Waals surface area contributed by atoms with Crippen LogP contribution in [0.4, 0.5) is 4.79 Å². The first kappa shape index (κ1) is 22.1. The molecule has 1 saturated heterocycles. The van der Waals surface area contributed by atoms with Gasteiger partial charge in [0.25, 0.3) is 0 Å². The van der Waals surface area contributed by atoms with Gasteiger partial charge in [-0.3, -0.25) is 0 Å². The summed E-state index contributed by atoms with van der Waals surface area (Å²) >= 11 is 0. The first-order chi connectivity index (χ1) is 13.4. The lowest BCUT2D eigenvalue weighted by Crippen LogP contribution is -2.41. The maximum absolute atomic E-state index is 12.1. The summed E-state index contributed by atoms with van der Waals surface area (Å²) in [6, 6.07) is 6.11. The first-order valence-electron chi connectivity index (χ1n) is 10.4. The van der Waals surface area contributed by atoms with Gasteiger partial charge in [-0.2, -0.15) is 0 Å². The second-order valence-electron chi connectivity index (χ2n) is 9.94. The zero-order valence-electron chi connectivity index (χ0n) is 18.8. The summed E-state index contributed by atoms with van der Waals surface area (Å²) in [5.41, 5.74) is 2.12. The SMILES string of the molecule is CC(C)(C)NC(=O)OCC1OCCCc2c(B3OC(C)(C)C(C)(C)O3)cccc21. The van der Waals surface area contributed by atoms with Crippen LogP contribution in [-0.4, -0.2) is 43.2 Å². The van der Waals surface area contributed by atoms with E-state index in [0.717, 1.165) is 23.9 Å². The van der Waals surface area contributed by atoms with Crippen molar-refractivity contribution in [2.75, 3.05) is 13.2 Å². The number of alkyl carbamates (subject to hydrolysis) is 1. The number of benzene rings is 1. The van der Waals surface area contributed by atoms with E-state index in [1.807, 2.05) is 32.9 Å². The van der Waals surface area contributed by atoms with Gasteiger partial charge in [-0.25, -0.2) is 4.79 Å². The van der Waals surface area contributed by atoms with Gasteiger partial charge in [-0.1, -0.05) is 18.2 Å². The Bertz CT molecular complexity index is 740. The van der Waals surface area contributed by atoms with Gasteiger partial charge >= 0.3 is 13.2 Å². The van der Waals surface area contributed by atoms with Gasteiger partial charge in [0.2, 0.25) is 0 Å². The number of carbonyl (C=O) groups is 1. The molecule has 1 N–H and O–H groups in total. The lowest BCUT2D eigenvalue weighted by Gasteiger charge is -2.32.